The van der Waals surface area contributed by atoms with E-state index in [1.807, 2.05) is 36.6 Å². The number of ether oxygens (including phenoxy) is 1. The van der Waals surface area contributed by atoms with Crippen LogP contribution in [0.2, 0.25) is 0 Å². The smallest absolute Gasteiger partial charge is 0.252 e. The summed E-state index contributed by atoms with van der Waals surface area (Å²) in [6.45, 7) is 3.43. The van der Waals surface area contributed by atoms with Gasteiger partial charge in [0.05, 0.1) is 15.9 Å². The summed E-state index contributed by atoms with van der Waals surface area (Å²) in [5.41, 5.74) is 0.417. The van der Waals surface area contributed by atoms with Crippen molar-refractivity contribution in [3.63, 3.8) is 0 Å². The standard InChI is InChI=1S/C29H34N2O5S/c1-17(32)31(36-22-5-3-4-6-23(22)37-2)20-11-12-29(34)24-15-19-9-10-21(33)26-25(19)28(29,27(20)35-26)13-14-30(24)16-18-7-8-18/h3-6,9-10,18,20,24,27,33-34H,7-8,11-16H2,1-2H3/t20-,24-,27+,28+,29-/m1/s1. The summed E-state index contributed by atoms with van der Waals surface area (Å²) in [6.07, 6.45) is 6.61. The number of hydrogen-bond acceptors (Lipinski definition) is 7. The number of likely N-dealkylation sites (tertiary alicyclic amines) is 1. The highest BCUT2D eigenvalue weighted by molar-refractivity contribution is 7.98. The van der Waals surface area contributed by atoms with Gasteiger partial charge in [-0.1, -0.05) is 18.2 Å². The molecule has 2 bridgehead atoms. The lowest BCUT2D eigenvalue weighted by Crippen LogP contribution is -2.78. The van der Waals surface area contributed by atoms with E-state index < -0.39 is 23.2 Å². The molecule has 2 N–H and O–H groups in total. The predicted octanol–water partition coefficient (Wildman–Crippen LogP) is 3.89. The number of rotatable bonds is 6. The highest BCUT2D eigenvalue weighted by Crippen LogP contribution is 2.66. The Kier molecular flexibility index (Phi) is 5.30. The van der Waals surface area contributed by atoms with Gasteiger partial charge in [-0.25, -0.2) is 0 Å². The fourth-order valence-electron chi connectivity index (χ4n) is 7.86. The van der Waals surface area contributed by atoms with E-state index in [-0.39, 0.29) is 17.7 Å². The summed E-state index contributed by atoms with van der Waals surface area (Å²) < 4.78 is 6.63. The van der Waals surface area contributed by atoms with Crippen LogP contribution in [0.25, 0.3) is 0 Å². The highest BCUT2D eigenvalue weighted by atomic mass is 32.2. The van der Waals surface area contributed by atoms with Crippen LogP contribution in [0.4, 0.5) is 0 Å². The van der Waals surface area contributed by atoms with E-state index in [2.05, 4.69) is 4.90 Å². The molecule has 0 aromatic heterocycles. The van der Waals surface area contributed by atoms with E-state index in [0.29, 0.717) is 24.3 Å². The quantitative estimate of drug-likeness (QED) is 0.440. The second-order valence-corrected chi connectivity index (χ2v) is 12.3. The number of hydrogen-bond donors (Lipinski definition) is 2. The zero-order valence-corrected chi connectivity index (χ0v) is 22.2. The van der Waals surface area contributed by atoms with E-state index in [1.165, 1.54) is 24.8 Å². The minimum atomic E-state index is -0.993. The number of nitrogens with zero attached hydrogens (tertiary/aromatic N) is 2. The topological polar surface area (TPSA) is 82.5 Å². The maximum Gasteiger partial charge on any atom is 0.252 e. The third kappa shape index (κ3) is 3.25. The second-order valence-electron chi connectivity index (χ2n) is 11.5. The largest absolute Gasteiger partial charge is 0.504 e. The number of aliphatic hydroxyl groups is 1. The van der Waals surface area contributed by atoms with Crippen LogP contribution in [-0.4, -0.2) is 69.2 Å². The van der Waals surface area contributed by atoms with Crippen molar-refractivity contribution in [3.05, 3.63) is 47.5 Å². The molecule has 5 aliphatic rings. The van der Waals surface area contributed by atoms with Gasteiger partial charge in [0.25, 0.3) is 5.91 Å². The Morgan fingerprint density at radius 2 is 2.03 bits per heavy atom. The zero-order valence-electron chi connectivity index (χ0n) is 21.4. The fraction of sp³-hybridized carbons (Fsp3) is 0.552. The second kappa shape index (κ2) is 8.29. The Morgan fingerprint density at radius 1 is 1.22 bits per heavy atom. The number of amides is 1. The van der Waals surface area contributed by atoms with Crippen LogP contribution in [0, 0.1) is 5.92 Å². The number of aromatic hydroxyl groups is 1. The van der Waals surface area contributed by atoms with Crippen LogP contribution in [0.5, 0.6) is 17.2 Å². The summed E-state index contributed by atoms with van der Waals surface area (Å²) in [5, 5.41) is 25.0. The van der Waals surface area contributed by atoms with Crippen molar-refractivity contribution in [2.24, 2.45) is 5.92 Å². The van der Waals surface area contributed by atoms with Crippen molar-refractivity contribution in [2.75, 3.05) is 19.3 Å². The van der Waals surface area contributed by atoms with E-state index in [1.54, 1.807) is 17.8 Å². The molecule has 1 amide bonds. The van der Waals surface area contributed by atoms with E-state index in [9.17, 15) is 15.0 Å². The average Bonchev–Trinajstić information content (AvgIpc) is 3.63. The van der Waals surface area contributed by atoms with Gasteiger partial charge in [0, 0.05) is 25.1 Å². The molecule has 0 unspecified atom stereocenters. The molecule has 2 aromatic carbocycles. The maximum atomic E-state index is 13.1. The summed E-state index contributed by atoms with van der Waals surface area (Å²) in [5.74, 6) is 1.74. The lowest BCUT2D eigenvalue weighted by Gasteiger charge is -2.64. The molecule has 2 aromatic rings. The van der Waals surface area contributed by atoms with Gasteiger partial charge in [-0.3, -0.25) is 9.69 Å². The molecular formula is C29H34N2O5S. The van der Waals surface area contributed by atoms with Crippen molar-refractivity contribution in [1.82, 2.24) is 9.96 Å². The third-order valence-electron chi connectivity index (χ3n) is 9.61. The molecule has 8 heteroatoms. The number of phenolic OH excluding ortho intramolecular Hbond substituents is 1. The minimum Gasteiger partial charge on any atom is -0.504 e. The summed E-state index contributed by atoms with van der Waals surface area (Å²) in [7, 11) is 0. The van der Waals surface area contributed by atoms with E-state index in [0.717, 1.165) is 47.9 Å². The first-order valence-corrected chi connectivity index (χ1v) is 14.7. The van der Waals surface area contributed by atoms with E-state index in [4.69, 9.17) is 9.57 Å². The summed E-state index contributed by atoms with van der Waals surface area (Å²) in [6, 6.07) is 11.0. The molecule has 1 spiro atoms. The first-order chi connectivity index (χ1) is 17.9. The van der Waals surface area contributed by atoms with Crippen LogP contribution >= 0.6 is 11.8 Å². The molecule has 0 radical (unpaired) electrons. The van der Waals surface area contributed by atoms with Crippen LogP contribution in [0.1, 0.15) is 50.2 Å². The summed E-state index contributed by atoms with van der Waals surface area (Å²) in [4.78, 5) is 22.9. The minimum absolute atomic E-state index is 0.000747. The monoisotopic (exact) mass is 522 g/mol. The molecule has 2 heterocycles. The Bertz CT molecular complexity index is 1270. The van der Waals surface area contributed by atoms with Gasteiger partial charge in [-0.2, -0.15) is 5.06 Å². The number of hydroxylamine groups is 2. The first-order valence-electron chi connectivity index (χ1n) is 13.5. The summed E-state index contributed by atoms with van der Waals surface area (Å²) >= 11 is 1.57. The van der Waals surface area contributed by atoms with Gasteiger partial charge >= 0.3 is 0 Å². The number of phenols is 1. The number of benzene rings is 2. The maximum absolute atomic E-state index is 13.1. The number of carbonyl (C=O) groups excluding carboxylic acids is 1. The molecule has 196 valence electrons. The molecule has 7 rings (SSSR count). The van der Waals surface area contributed by atoms with Gasteiger partial charge in [-0.05, 0) is 81.0 Å². The zero-order chi connectivity index (χ0) is 25.5. The molecule has 2 saturated carbocycles. The third-order valence-corrected chi connectivity index (χ3v) is 10.4. The van der Waals surface area contributed by atoms with Gasteiger partial charge < -0.3 is 19.8 Å². The number of piperidine rings is 1. The normalized spacial score (nSPS) is 33.4. The van der Waals surface area contributed by atoms with Gasteiger partial charge in [0.1, 0.15) is 12.1 Å². The molecule has 3 fully saturated rings. The number of para-hydroxylation sites is 1. The average molecular weight is 523 g/mol. The first kappa shape index (κ1) is 23.7. The van der Waals surface area contributed by atoms with Crippen molar-refractivity contribution < 1.29 is 24.6 Å². The lowest BCUT2D eigenvalue weighted by molar-refractivity contribution is -0.225. The Labute approximate surface area is 221 Å². The van der Waals surface area contributed by atoms with Crippen molar-refractivity contribution >= 4 is 17.7 Å². The van der Waals surface area contributed by atoms with Crippen LogP contribution in [-0.2, 0) is 16.6 Å². The Hall–Kier alpha value is -2.42. The molecule has 3 aliphatic carbocycles. The SMILES string of the molecule is CSc1ccccc1ON(C(C)=O)[C@@H]1CC[C@@]2(O)[C@H]3Cc4ccc(O)c5c4[C@@]2(CCN3CC2CC2)[C@H]1O5. The molecular weight excluding hydrogens is 488 g/mol. The van der Waals surface area contributed by atoms with Crippen molar-refractivity contribution in [2.45, 2.75) is 79.5 Å². The van der Waals surface area contributed by atoms with Gasteiger partial charge in [0.2, 0.25) is 0 Å². The molecule has 5 atom stereocenters. The van der Waals surface area contributed by atoms with Crippen LogP contribution < -0.4 is 9.57 Å². The van der Waals surface area contributed by atoms with Crippen LogP contribution in [0.15, 0.2) is 41.3 Å². The van der Waals surface area contributed by atoms with Crippen LogP contribution in [0.3, 0.4) is 0 Å². The van der Waals surface area contributed by atoms with Gasteiger partial charge in [-0.15, -0.1) is 11.8 Å². The van der Waals surface area contributed by atoms with Crippen molar-refractivity contribution in [3.8, 4) is 17.2 Å². The Morgan fingerprint density at radius 3 is 2.78 bits per heavy atom. The van der Waals surface area contributed by atoms with Crippen molar-refractivity contribution in [1.29, 1.82) is 0 Å². The molecule has 1 saturated heterocycles. The molecule has 7 nitrogen and oxygen atoms in total. The number of thioether (sulfide) groups is 1. The van der Waals surface area contributed by atoms with E-state index >= 15 is 0 Å². The number of carbonyl (C=O) groups is 1. The Balaban J connectivity index is 1.33. The highest BCUT2D eigenvalue weighted by Gasteiger charge is 2.74. The molecule has 37 heavy (non-hydrogen) atoms. The predicted molar refractivity (Wildman–Crippen MR) is 140 cm³/mol. The van der Waals surface area contributed by atoms with Gasteiger partial charge in [0.15, 0.2) is 17.2 Å². The lowest BCUT2D eigenvalue weighted by atomic mass is 9.48. The molecule has 2 aliphatic heterocycles. The fourth-order valence-corrected chi connectivity index (χ4v) is 8.38.